The number of hydrogen-bond donors (Lipinski definition) is 1. The lowest BCUT2D eigenvalue weighted by Crippen LogP contribution is -2.21. The van der Waals surface area contributed by atoms with Crippen LogP contribution in [0.4, 0.5) is 0 Å². The van der Waals surface area contributed by atoms with Gasteiger partial charge < -0.3 is 14.5 Å². The van der Waals surface area contributed by atoms with Gasteiger partial charge in [-0.05, 0) is 24.3 Å². The standard InChI is InChI=1S/C18H13N3O4/c1-24-18(23)15(12-4-2-3-11(9-12)10-19)25-17(22)14-6-8-21-16-13(14)5-7-20-16/h2-9,15H,1H3,(H,20,21). The number of H-pyrrole nitrogens is 1. The van der Waals surface area contributed by atoms with Crippen LogP contribution in [0.15, 0.2) is 48.8 Å². The third-order valence-electron chi connectivity index (χ3n) is 3.64. The number of hydrogen-bond acceptors (Lipinski definition) is 6. The topological polar surface area (TPSA) is 105 Å². The minimum Gasteiger partial charge on any atom is -0.466 e. The van der Waals surface area contributed by atoms with E-state index in [4.69, 9.17) is 14.7 Å². The summed E-state index contributed by atoms with van der Waals surface area (Å²) < 4.78 is 10.1. The molecule has 1 unspecified atom stereocenters. The fraction of sp³-hybridized carbons (Fsp3) is 0.111. The number of methoxy groups -OCH3 is 1. The Morgan fingerprint density at radius 2 is 2.12 bits per heavy atom. The summed E-state index contributed by atoms with van der Waals surface area (Å²) in [5.74, 6) is -1.42. The zero-order valence-electron chi connectivity index (χ0n) is 13.2. The van der Waals surface area contributed by atoms with Crippen LogP contribution in [-0.4, -0.2) is 29.0 Å². The van der Waals surface area contributed by atoms with Crippen molar-refractivity contribution in [2.45, 2.75) is 6.10 Å². The number of aromatic nitrogens is 2. The van der Waals surface area contributed by atoms with Crippen molar-refractivity contribution in [1.82, 2.24) is 9.97 Å². The first-order valence-corrected chi connectivity index (χ1v) is 7.35. The van der Waals surface area contributed by atoms with Crippen LogP contribution >= 0.6 is 0 Å². The molecule has 25 heavy (non-hydrogen) atoms. The Labute approximate surface area is 142 Å². The molecule has 3 rings (SSSR count). The molecular weight excluding hydrogens is 322 g/mol. The summed E-state index contributed by atoms with van der Waals surface area (Å²) >= 11 is 0. The molecule has 0 radical (unpaired) electrons. The number of carbonyl (C=O) groups excluding carboxylic acids is 2. The summed E-state index contributed by atoms with van der Waals surface area (Å²) in [4.78, 5) is 31.7. The highest BCUT2D eigenvalue weighted by molar-refractivity contribution is 6.03. The van der Waals surface area contributed by atoms with Crippen molar-refractivity contribution < 1.29 is 19.1 Å². The fourth-order valence-corrected chi connectivity index (χ4v) is 2.44. The minimum absolute atomic E-state index is 0.275. The summed E-state index contributed by atoms with van der Waals surface area (Å²) in [5, 5.41) is 9.59. The quantitative estimate of drug-likeness (QED) is 0.734. The Morgan fingerprint density at radius 3 is 2.88 bits per heavy atom. The van der Waals surface area contributed by atoms with Gasteiger partial charge in [0.1, 0.15) is 5.65 Å². The van der Waals surface area contributed by atoms with Crippen LogP contribution in [0.1, 0.15) is 27.6 Å². The Kier molecular flexibility index (Phi) is 4.44. The summed E-state index contributed by atoms with van der Waals surface area (Å²) in [5.41, 5.74) is 1.52. The summed E-state index contributed by atoms with van der Waals surface area (Å²) in [6, 6.07) is 11.5. The number of nitrogens with one attached hydrogen (secondary N) is 1. The van der Waals surface area contributed by atoms with E-state index < -0.39 is 18.0 Å². The zero-order valence-corrected chi connectivity index (χ0v) is 13.2. The average Bonchev–Trinajstić information content (AvgIpc) is 3.14. The molecular formula is C18H13N3O4. The Hall–Kier alpha value is -3.66. The second-order valence-electron chi connectivity index (χ2n) is 5.14. The van der Waals surface area contributed by atoms with Crippen LogP contribution in [0.5, 0.6) is 0 Å². The maximum atomic E-state index is 12.6. The number of esters is 2. The molecule has 2 aromatic heterocycles. The van der Waals surface area contributed by atoms with Gasteiger partial charge >= 0.3 is 11.9 Å². The van der Waals surface area contributed by atoms with E-state index in [1.807, 2.05) is 6.07 Å². The molecule has 3 aromatic rings. The second kappa shape index (κ2) is 6.84. The lowest BCUT2D eigenvalue weighted by atomic mass is 10.1. The molecule has 7 heteroatoms. The smallest absolute Gasteiger partial charge is 0.351 e. The van der Waals surface area contributed by atoms with Crippen LogP contribution in [-0.2, 0) is 14.3 Å². The third kappa shape index (κ3) is 3.19. The van der Waals surface area contributed by atoms with Gasteiger partial charge in [0.2, 0.25) is 6.10 Å². The molecule has 1 atom stereocenters. The Balaban J connectivity index is 1.95. The lowest BCUT2D eigenvalue weighted by molar-refractivity contribution is -0.151. The van der Waals surface area contributed by atoms with Crippen LogP contribution in [0.3, 0.4) is 0 Å². The van der Waals surface area contributed by atoms with Crippen molar-refractivity contribution in [1.29, 1.82) is 5.26 Å². The van der Waals surface area contributed by atoms with Gasteiger partial charge in [-0.15, -0.1) is 0 Å². The van der Waals surface area contributed by atoms with E-state index in [-0.39, 0.29) is 5.56 Å². The maximum absolute atomic E-state index is 12.6. The molecule has 1 aromatic carbocycles. The first kappa shape index (κ1) is 16.2. The molecule has 7 nitrogen and oxygen atoms in total. The third-order valence-corrected chi connectivity index (χ3v) is 3.64. The molecule has 0 aliphatic heterocycles. The van der Waals surface area contributed by atoms with Crippen LogP contribution in [0, 0.1) is 11.3 Å². The Bertz CT molecular complexity index is 987. The molecule has 2 heterocycles. The monoisotopic (exact) mass is 335 g/mol. The molecule has 0 aliphatic rings. The molecule has 0 saturated carbocycles. The van der Waals surface area contributed by atoms with Gasteiger partial charge in [0.05, 0.1) is 24.3 Å². The maximum Gasteiger partial charge on any atom is 0.351 e. The van der Waals surface area contributed by atoms with Crippen LogP contribution < -0.4 is 0 Å². The highest BCUT2D eigenvalue weighted by Crippen LogP contribution is 2.24. The molecule has 124 valence electrons. The second-order valence-corrected chi connectivity index (χ2v) is 5.14. The van der Waals surface area contributed by atoms with Crippen molar-refractivity contribution in [3.8, 4) is 6.07 Å². The summed E-state index contributed by atoms with van der Waals surface area (Å²) in [6.45, 7) is 0. The van der Waals surface area contributed by atoms with Gasteiger partial charge in [-0.3, -0.25) is 0 Å². The van der Waals surface area contributed by atoms with E-state index in [1.165, 1.54) is 25.4 Å². The minimum atomic E-state index is -1.27. The summed E-state index contributed by atoms with van der Waals surface area (Å²) in [6.07, 6.45) is 1.86. The number of carbonyl (C=O) groups is 2. The number of rotatable bonds is 4. The predicted molar refractivity (Wildman–Crippen MR) is 87.4 cm³/mol. The lowest BCUT2D eigenvalue weighted by Gasteiger charge is -2.16. The number of benzene rings is 1. The van der Waals surface area contributed by atoms with Gasteiger partial charge in [0, 0.05) is 23.3 Å². The molecule has 0 spiro atoms. The average molecular weight is 335 g/mol. The zero-order chi connectivity index (χ0) is 17.8. The number of aromatic amines is 1. The van der Waals surface area contributed by atoms with E-state index in [9.17, 15) is 9.59 Å². The van der Waals surface area contributed by atoms with Gasteiger partial charge in [-0.25, -0.2) is 14.6 Å². The molecule has 0 aliphatic carbocycles. The number of pyridine rings is 1. The fourth-order valence-electron chi connectivity index (χ4n) is 2.44. The predicted octanol–water partition coefficient (Wildman–Crippen LogP) is 2.51. The van der Waals surface area contributed by atoms with E-state index in [1.54, 1.807) is 30.5 Å². The largest absolute Gasteiger partial charge is 0.466 e. The first-order valence-electron chi connectivity index (χ1n) is 7.35. The number of nitrogens with zero attached hydrogens (tertiary/aromatic N) is 2. The summed E-state index contributed by atoms with van der Waals surface area (Å²) in [7, 11) is 1.20. The van der Waals surface area contributed by atoms with Crippen molar-refractivity contribution in [2.24, 2.45) is 0 Å². The van der Waals surface area contributed by atoms with Crippen LogP contribution in [0.2, 0.25) is 0 Å². The van der Waals surface area contributed by atoms with Crippen molar-refractivity contribution >= 4 is 23.0 Å². The molecule has 0 bridgehead atoms. The van der Waals surface area contributed by atoms with Crippen molar-refractivity contribution in [2.75, 3.05) is 7.11 Å². The first-order chi connectivity index (χ1) is 12.1. The van der Waals surface area contributed by atoms with Gasteiger partial charge in [-0.1, -0.05) is 12.1 Å². The molecule has 0 fully saturated rings. The van der Waals surface area contributed by atoms with E-state index >= 15 is 0 Å². The van der Waals surface area contributed by atoms with E-state index in [0.29, 0.717) is 22.2 Å². The normalized spacial score (nSPS) is 11.5. The van der Waals surface area contributed by atoms with Gasteiger partial charge in [0.15, 0.2) is 0 Å². The van der Waals surface area contributed by atoms with Crippen molar-refractivity contribution in [3.05, 3.63) is 65.5 Å². The molecule has 0 amide bonds. The van der Waals surface area contributed by atoms with Crippen molar-refractivity contribution in [3.63, 3.8) is 0 Å². The van der Waals surface area contributed by atoms with E-state index in [2.05, 4.69) is 9.97 Å². The SMILES string of the molecule is COC(=O)C(OC(=O)c1ccnc2[nH]ccc12)c1cccc(C#N)c1. The highest BCUT2D eigenvalue weighted by Gasteiger charge is 2.27. The number of nitriles is 1. The molecule has 1 N–H and O–H groups in total. The number of ether oxygens (including phenoxy) is 2. The van der Waals surface area contributed by atoms with E-state index in [0.717, 1.165) is 0 Å². The van der Waals surface area contributed by atoms with Gasteiger partial charge in [0.25, 0.3) is 0 Å². The highest BCUT2D eigenvalue weighted by atomic mass is 16.6. The van der Waals surface area contributed by atoms with Crippen LogP contribution in [0.25, 0.3) is 11.0 Å². The Morgan fingerprint density at radius 1 is 1.28 bits per heavy atom. The molecule has 0 saturated heterocycles. The van der Waals surface area contributed by atoms with Gasteiger partial charge in [-0.2, -0.15) is 5.26 Å². The number of fused-ring (bicyclic) bond motifs is 1.